The minimum Gasteiger partial charge on any atom is -0.299 e. The molecule has 0 atom stereocenters. The fourth-order valence-electron chi connectivity index (χ4n) is 2.80. The first kappa shape index (κ1) is 15.0. The lowest BCUT2D eigenvalue weighted by molar-refractivity contribution is -0.126. The molecule has 0 aromatic heterocycles. The second-order valence-electron chi connectivity index (χ2n) is 5.78. The Hall–Kier alpha value is -2.40. The summed E-state index contributed by atoms with van der Waals surface area (Å²) < 4.78 is 0. The Morgan fingerprint density at radius 3 is 1.57 bits per heavy atom. The SMILES string of the molecule is CC(=O)C(C)(C)C(C#N)(c1ccccc1)c1ccccc1. The molecule has 0 aliphatic heterocycles. The molecule has 21 heavy (non-hydrogen) atoms. The van der Waals surface area contributed by atoms with Crippen LogP contribution < -0.4 is 0 Å². The van der Waals surface area contributed by atoms with Crippen molar-refractivity contribution in [2.45, 2.75) is 26.2 Å². The van der Waals surface area contributed by atoms with Gasteiger partial charge in [-0.1, -0.05) is 74.5 Å². The Balaban J connectivity index is 2.83. The molecule has 0 spiro atoms. The lowest BCUT2D eigenvalue weighted by atomic mass is 9.57. The summed E-state index contributed by atoms with van der Waals surface area (Å²) in [5.41, 5.74) is -0.135. The summed E-state index contributed by atoms with van der Waals surface area (Å²) in [7, 11) is 0. The van der Waals surface area contributed by atoms with E-state index in [0.29, 0.717) is 0 Å². The number of Topliss-reactive ketones (excluding diaryl/α,β-unsaturated/α-hetero) is 1. The number of carbonyl (C=O) groups excluding carboxylic acids is 1. The number of nitrogens with zero attached hydrogens (tertiary/aromatic N) is 1. The van der Waals surface area contributed by atoms with Gasteiger partial charge in [0.05, 0.1) is 6.07 Å². The van der Waals surface area contributed by atoms with Crippen molar-refractivity contribution in [3.05, 3.63) is 71.8 Å². The molecule has 0 unspecified atom stereocenters. The Kier molecular flexibility index (Phi) is 3.95. The molecule has 106 valence electrons. The van der Waals surface area contributed by atoms with E-state index in [2.05, 4.69) is 6.07 Å². The van der Waals surface area contributed by atoms with Gasteiger partial charge in [0.2, 0.25) is 0 Å². The second kappa shape index (κ2) is 5.54. The second-order valence-corrected chi connectivity index (χ2v) is 5.78. The summed E-state index contributed by atoms with van der Waals surface area (Å²) in [4.78, 5) is 12.3. The van der Waals surface area contributed by atoms with Crippen molar-refractivity contribution in [2.24, 2.45) is 5.41 Å². The summed E-state index contributed by atoms with van der Waals surface area (Å²) in [6, 6.07) is 21.6. The van der Waals surface area contributed by atoms with Crippen LogP contribution in [0.3, 0.4) is 0 Å². The molecule has 2 aromatic carbocycles. The van der Waals surface area contributed by atoms with E-state index in [1.807, 2.05) is 74.5 Å². The quantitative estimate of drug-likeness (QED) is 0.843. The molecular weight excluding hydrogens is 258 g/mol. The predicted octanol–water partition coefficient (Wildman–Crippen LogP) is 4.11. The third-order valence-electron chi connectivity index (χ3n) is 4.40. The molecule has 0 amide bonds. The minimum atomic E-state index is -0.999. The van der Waals surface area contributed by atoms with E-state index in [0.717, 1.165) is 11.1 Å². The molecule has 0 saturated carbocycles. The van der Waals surface area contributed by atoms with Crippen LogP contribution in [0.2, 0.25) is 0 Å². The lowest BCUT2D eigenvalue weighted by Gasteiger charge is -2.41. The number of hydrogen-bond acceptors (Lipinski definition) is 2. The van der Waals surface area contributed by atoms with Crippen molar-refractivity contribution in [3.8, 4) is 6.07 Å². The Labute approximate surface area is 126 Å². The van der Waals surface area contributed by atoms with Gasteiger partial charge in [-0.3, -0.25) is 4.79 Å². The van der Waals surface area contributed by atoms with E-state index in [1.54, 1.807) is 6.92 Å². The standard InChI is InChI=1S/C19H19NO/c1-15(21)18(2,3)19(14-20,16-10-6-4-7-11-16)17-12-8-5-9-13-17/h4-13H,1-3H3. The molecule has 0 aliphatic carbocycles. The van der Waals surface area contributed by atoms with Crippen molar-refractivity contribution in [1.82, 2.24) is 0 Å². The molecule has 0 saturated heterocycles. The molecule has 0 fully saturated rings. The van der Waals surface area contributed by atoms with Crippen molar-refractivity contribution < 1.29 is 4.79 Å². The van der Waals surface area contributed by atoms with Crippen LogP contribution in [0.4, 0.5) is 0 Å². The molecule has 2 aromatic rings. The number of benzene rings is 2. The van der Waals surface area contributed by atoms with Gasteiger partial charge in [-0.15, -0.1) is 0 Å². The zero-order valence-electron chi connectivity index (χ0n) is 12.6. The Morgan fingerprint density at radius 1 is 0.905 bits per heavy atom. The van der Waals surface area contributed by atoms with E-state index >= 15 is 0 Å². The van der Waals surface area contributed by atoms with Crippen LogP contribution in [0.25, 0.3) is 0 Å². The fraction of sp³-hybridized carbons (Fsp3) is 0.263. The highest BCUT2D eigenvalue weighted by molar-refractivity contribution is 5.85. The van der Waals surface area contributed by atoms with Crippen molar-refractivity contribution in [2.75, 3.05) is 0 Å². The number of rotatable bonds is 4. The summed E-state index contributed by atoms with van der Waals surface area (Å²) in [6.45, 7) is 5.25. The molecule has 0 N–H and O–H groups in total. The Morgan fingerprint density at radius 2 is 1.29 bits per heavy atom. The van der Waals surface area contributed by atoms with Gasteiger partial charge >= 0.3 is 0 Å². The number of nitriles is 1. The van der Waals surface area contributed by atoms with Gasteiger partial charge in [-0.25, -0.2) is 0 Å². The average Bonchev–Trinajstić information content (AvgIpc) is 2.50. The summed E-state index contributed by atoms with van der Waals surface area (Å²) in [5, 5.41) is 10.1. The smallest absolute Gasteiger partial charge is 0.137 e. The monoisotopic (exact) mass is 277 g/mol. The number of carbonyl (C=O) groups is 1. The number of ketones is 1. The summed E-state index contributed by atoms with van der Waals surface area (Å²) in [6.07, 6.45) is 0. The Bertz CT molecular complexity index is 626. The molecule has 0 bridgehead atoms. The van der Waals surface area contributed by atoms with Gasteiger partial charge in [0, 0.05) is 5.41 Å². The van der Waals surface area contributed by atoms with Gasteiger partial charge in [0.1, 0.15) is 11.2 Å². The van der Waals surface area contributed by atoms with Crippen LogP contribution >= 0.6 is 0 Å². The third kappa shape index (κ3) is 2.25. The first-order valence-corrected chi connectivity index (χ1v) is 7.00. The molecule has 2 rings (SSSR count). The van der Waals surface area contributed by atoms with Crippen LogP contribution in [0.15, 0.2) is 60.7 Å². The minimum absolute atomic E-state index is 0.00300. The zero-order valence-corrected chi connectivity index (χ0v) is 12.6. The van der Waals surface area contributed by atoms with Gasteiger partial charge in [0.15, 0.2) is 0 Å². The van der Waals surface area contributed by atoms with Crippen molar-refractivity contribution in [3.63, 3.8) is 0 Å². The van der Waals surface area contributed by atoms with Crippen LogP contribution in [0.1, 0.15) is 31.9 Å². The molecule has 2 nitrogen and oxygen atoms in total. The van der Waals surface area contributed by atoms with E-state index in [-0.39, 0.29) is 5.78 Å². The number of hydrogen-bond donors (Lipinski definition) is 0. The van der Waals surface area contributed by atoms with Crippen LogP contribution in [0.5, 0.6) is 0 Å². The first-order chi connectivity index (χ1) is 9.96. The highest BCUT2D eigenvalue weighted by Crippen LogP contribution is 2.47. The predicted molar refractivity (Wildman–Crippen MR) is 83.7 cm³/mol. The first-order valence-electron chi connectivity index (χ1n) is 7.00. The van der Waals surface area contributed by atoms with Gasteiger partial charge in [-0.05, 0) is 18.1 Å². The summed E-state index contributed by atoms with van der Waals surface area (Å²) >= 11 is 0. The van der Waals surface area contributed by atoms with Gasteiger partial charge < -0.3 is 0 Å². The largest absolute Gasteiger partial charge is 0.299 e. The van der Waals surface area contributed by atoms with Crippen LogP contribution in [0, 0.1) is 16.7 Å². The van der Waals surface area contributed by atoms with E-state index in [9.17, 15) is 10.1 Å². The van der Waals surface area contributed by atoms with Crippen molar-refractivity contribution in [1.29, 1.82) is 5.26 Å². The highest BCUT2D eigenvalue weighted by atomic mass is 16.1. The normalized spacial score (nSPS) is 11.7. The fourth-order valence-corrected chi connectivity index (χ4v) is 2.80. The molecular formula is C19H19NO. The summed E-state index contributed by atoms with van der Waals surface area (Å²) in [5.74, 6) is -0.00300. The molecule has 0 aliphatic rings. The van der Waals surface area contributed by atoms with E-state index in [4.69, 9.17) is 0 Å². The molecule has 0 heterocycles. The highest BCUT2D eigenvalue weighted by Gasteiger charge is 2.51. The third-order valence-corrected chi connectivity index (χ3v) is 4.40. The maximum Gasteiger partial charge on any atom is 0.137 e. The topological polar surface area (TPSA) is 40.9 Å². The zero-order chi connectivity index (χ0) is 15.5. The van der Waals surface area contributed by atoms with E-state index in [1.165, 1.54) is 0 Å². The average molecular weight is 277 g/mol. The van der Waals surface area contributed by atoms with Crippen LogP contribution in [-0.2, 0) is 10.2 Å². The molecule has 0 radical (unpaired) electrons. The van der Waals surface area contributed by atoms with Gasteiger partial charge in [-0.2, -0.15) is 5.26 Å². The molecule has 2 heteroatoms. The van der Waals surface area contributed by atoms with E-state index < -0.39 is 10.8 Å². The van der Waals surface area contributed by atoms with Crippen molar-refractivity contribution >= 4 is 5.78 Å². The maximum atomic E-state index is 12.3. The lowest BCUT2D eigenvalue weighted by Crippen LogP contribution is -2.46. The van der Waals surface area contributed by atoms with Gasteiger partial charge in [0.25, 0.3) is 0 Å². The maximum absolute atomic E-state index is 12.3. The van der Waals surface area contributed by atoms with Crippen LogP contribution in [-0.4, -0.2) is 5.78 Å².